The van der Waals surface area contributed by atoms with E-state index < -0.39 is 11.4 Å². The molecule has 2 heterocycles. The maximum atomic E-state index is 12.5. The molecule has 0 saturated heterocycles. The summed E-state index contributed by atoms with van der Waals surface area (Å²) >= 11 is 0. The van der Waals surface area contributed by atoms with Crippen molar-refractivity contribution in [1.29, 1.82) is 0 Å². The van der Waals surface area contributed by atoms with Crippen LogP contribution >= 0.6 is 0 Å². The van der Waals surface area contributed by atoms with Crippen molar-refractivity contribution in [2.75, 3.05) is 25.2 Å². The van der Waals surface area contributed by atoms with Crippen LogP contribution in [0.3, 0.4) is 0 Å². The number of aromatic nitrogens is 2. The standard InChI is InChI=1S/C18H21N7O3/c1-18(8-13(26)25(2)17(20)24-18)10-5-4-6-11(7-10)22-16(27)14-15(19)23-12(28-3)9-21-14/h4-7,9H,8H2,1-3H3,(H2,19,23)(H2,20,24)(H,22,27). The quantitative estimate of drug-likeness (QED) is 0.704. The van der Waals surface area contributed by atoms with Gasteiger partial charge in [-0.05, 0) is 24.6 Å². The van der Waals surface area contributed by atoms with E-state index >= 15 is 0 Å². The highest BCUT2D eigenvalue weighted by Gasteiger charge is 2.36. The second-order valence-corrected chi connectivity index (χ2v) is 6.55. The zero-order chi connectivity index (χ0) is 20.5. The van der Waals surface area contributed by atoms with Gasteiger partial charge in [-0.15, -0.1) is 0 Å². The molecule has 28 heavy (non-hydrogen) atoms. The third-order valence-corrected chi connectivity index (χ3v) is 4.52. The van der Waals surface area contributed by atoms with Crippen molar-refractivity contribution in [3.05, 3.63) is 41.7 Å². The molecule has 10 nitrogen and oxygen atoms in total. The fourth-order valence-electron chi connectivity index (χ4n) is 2.86. The van der Waals surface area contributed by atoms with E-state index in [0.29, 0.717) is 5.69 Å². The van der Waals surface area contributed by atoms with Gasteiger partial charge in [0, 0.05) is 12.7 Å². The lowest BCUT2D eigenvalue weighted by atomic mass is 9.87. The van der Waals surface area contributed by atoms with E-state index in [2.05, 4.69) is 20.3 Å². The summed E-state index contributed by atoms with van der Waals surface area (Å²) in [7, 11) is 3.01. The smallest absolute Gasteiger partial charge is 0.278 e. The van der Waals surface area contributed by atoms with E-state index in [1.165, 1.54) is 18.2 Å². The van der Waals surface area contributed by atoms with Crippen LogP contribution < -0.4 is 21.5 Å². The first-order valence-corrected chi connectivity index (χ1v) is 8.44. The highest BCUT2D eigenvalue weighted by molar-refractivity contribution is 6.05. The molecule has 0 fully saturated rings. The minimum absolute atomic E-state index is 0.0193. The van der Waals surface area contributed by atoms with Crippen LogP contribution in [0.4, 0.5) is 11.5 Å². The molecule has 2 aromatic rings. The molecule has 2 amide bonds. The zero-order valence-electron chi connectivity index (χ0n) is 15.8. The highest BCUT2D eigenvalue weighted by atomic mass is 16.5. The van der Waals surface area contributed by atoms with Crippen molar-refractivity contribution in [1.82, 2.24) is 14.9 Å². The molecule has 10 heteroatoms. The lowest BCUT2D eigenvalue weighted by Crippen LogP contribution is -2.47. The van der Waals surface area contributed by atoms with E-state index in [1.807, 2.05) is 13.0 Å². The number of nitrogens with zero attached hydrogens (tertiary/aromatic N) is 4. The summed E-state index contributed by atoms with van der Waals surface area (Å²) in [5.74, 6) is -0.331. The van der Waals surface area contributed by atoms with Crippen LogP contribution in [0.25, 0.3) is 0 Å². The molecule has 3 rings (SSSR count). The fraction of sp³-hybridized carbons (Fsp3) is 0.278. The predicted molar refractivity (Wildman–Crippen MR) is 104 cm³/mol. The van der Waals surface area contributed by atoms with Gasteiger partial charge >= 0.3 is 0 Å². The number of anilines is 2. The number of ether oxygens (including phenoxy) is 1. The topological polar surface area (TPSA) is 149 Å². The van der Waals surface area contributed by atoms with Gasteiger partial charge in [0.25, 0.3) is 5.91 Å². The summed E-state index contributed by atoms with van der Waals surface area (Å²) in [6.07, 6.45) is 1.48. The van der Waals surface area contributed by atoms with Gasteiger partial charge in [0.2, 0.25) is 11.8 Å². The fourth-order valence-corrected chi connectivity index (χ4v) is 2.86. The molecule has 0 saturated carbocycles. The van der Waals surface area contributed by atoms with Gasteiger partial charge in [0.1, 0.15) is 0 Å². The van der Waals surface area contributed by atoms with Crippen molar-refractivity contribution in [3.63, 3.8) is 0 Å². The number of hydrogen-bond donors (Lipinski definition) is 3. The summed E-state index contributed by atoms with van der Waals surface area (Å²) in [5, 5.41) is 2.73. The number of nitrogens with two attached hydrogens (primary N) is 2. The summed E-state index contributed by atoms with van der Waals surface area (Å²) in [5.41, 5.74) is 12.0. The Hall–Kier alpha value is -3.69. The predicted octanol–water partition coefficient (Wildman–Crippen LogP) is 0.712. The number of nitrogen functional groups attached to an aromatic ring is 1. The van der Waals surface area contributed by atoms with Gasteiger partial charge in [-0.1, -0.05) is 12.1 Å². The summed E-state index contributed by atoms with van der Waals surface area (Å²) in [6.45, 7) is 1.82. The van der Waals surface area contributed by atoms with Gasteiger partial charge in [-0.25, -0.2) is 9.98 Å². The van der Waals surface area contributed by atoms with Crippen molar-refractivity contribution in [2.45, 2.75) is 18.9 Å². The summed E-state index contributed by atoms with van der Waals surface area (Å²) in [6, 6.07) is 7.03. The Kier molecular flexibility index (Phi) is 4.87. The molecule has 1 aliphatic rings. The maximum Gasteiger partial charge on any atom is 0.278 e. The molecule has 1 unspecified atom stereocenters. The van der Waals surface area contributed by atoms with Crippen molar-refractivity contribution >= 4 is 29.3 Å². The van der Waals surface area contributed by atoms with Crippen molar-refractivity contribution in [3.8, 4) is 5.88 Å². The Balaban J connectivity index is 1.86. The normalized spacial score (nSPS) is 19.2. The average molecular weight is 383 g/mol. The number of hydrogen-bond acceptors (Lipinski definition) is 8. The second-order valence-electron chi connectivity index (χ2n) is 6.55. The van der Waals surface area contributed by atoms with Gasteiger partial charge < -0.3 is 21.5 Å². The van der Waals surface area contributed by atoms with E-state index in [-0.39, 0.29) is 35.7 Å². The number of nitrogens with one attached hydrogen (secondary N) is 1. The van der Waals surface area contributed by atoms with Crippen LogP contribution in [-0.2, 0) is 10.3 Å². The molecule has 0 spiro atoms. The van der Waals surface area contributed by atoms with Crippen molar-refractivity contribution in [2.24, 2.45) is 10.7 Å². The summed E-state index contributed by atoms with van der Waals surface area (Å²) < 4.78 is 4.93. The first-order chi connectivity index (χ1) is 13.2. The molecule has 1 aliphatic heterocycles. The number of guanidine groups is 1. The van der Waals surface area contributed by atoms with Crippen LogP contribution in [0.2, 0.25) is 0 Å². The van der Waals surface area contributed by atoms with E-state index in [9.17, 15) is 9.59 Å². The Bertz CT molecular complexity index is 975. The number of rotatable bonds is 4. The van der Waals surface area contributed by atoms with Crippen molar-refractivity contribution < 1.29 is 14.3 Å². The Morgan fingerprint density at radius 1 is 1.36 bits per heavy atom. The van der Waals surface area contributed by atoms with E-state index in [4.69, 9.17) is 16.2 Å². The molecule has 1 aromatic carbocycles. The van der Waals surface area contributed by atoms with Crippen LogP contribution in [-0.4, -0.2) is 46.8 Å². The molecule has 0 bridgehead atoms. The first kappa shape index (κ1) is 19.1. The molecule has 146 valence electrons. The van der Waals surface area contributed by atoms with E-state index in [0.717, 1.165) is 5.56 Å². The number of carbonyl (C=O) groups excluding carboxylic acids is 2. The SMILES string of the molecule is COc1cnc(C(=O)Nc2cccc(C3(C)CC(=O)N(C)C(N)=N3)c2)c(N)n1. The number of aliphatic imine (C=N–C) groups is 1. The monoisotopic (exact) mass is 383 g/mol. The number of carbonyl (C=O) groups is 2. The minimum atomic E-state index is -0.826. The number of methoxy groups -OCH3 is 1. The molecule has 0 aliphatic carbocycles. The maximum absolute atomic E-state index is 12.5. The Morgan fingerprint density at radius 2 is 2.11 bits per heavy atom. The molecule has 5 N–H and O–H groups in total. The second kappa shape index (κ2) is 7.14. The summed E-state index contributed by atoms with van der Waals surface area (Å²) in [4.78, 5) is 38.4. The van der Waals surface area contributed by atoms with Gasteiger partial charge in [-0.3, -0.25) is 14.5 Å². The van der Waals surface area contributed by atoms with Crippen LogP contribution in [0.1, 0.15) is 29.4 Å². The van der Waals surface area contributed by atoms with Gasteiger partial charge in [0.05, 0.1) is 25.3 Å². The third kappa shape index (κ3) is 3.56. The molecule has 1 atom stereocenters. The zero-order valence-corrected chi connectivity index (χ0v) is 15.8. The largest absolute Gasteiger partial charge is 0.480 e. The minimum Gasteiger partial charge on any atom is -0.480 e. The number of amides is 2. The molecular formula is C18H21N7O3. The number of benzene rings is 1. The molecule has 0 radical (unpaired) electrons. The van der Waals surface area contributed by atoms with E-state index in [1.54, 1.807) is 25.2 Å². The van der Waals surface area contributed by atoms with Gasteiger partial charge in [-0.2, -0.15) is 4.98 Å². The lowest BCUT2D eigenvalue weighted by molar-refractivity contribution is -0.128. The highest BCUT2D eigenvalue weighted by Crippen LogP contribution is 2.34. The molecular weight excluding hydrogens is 362 g/mol. The third-order valence-electron chi connectivity index (χ3n) is 4.52. The molecule has 1 aromatic heterocycles. The first-order valence-electron chi connectivity index (χ1n) is 8.44. The Morgan fingerprint density at radius 3 is 2.75 bits per heavy atom. The van der Waals surface area contributed by atoms with Crippen LogP contribution in [0, 0.1) is 0 Å². The van der Waals surface area contributed by atoms with Crippen LogP contribution in [0.5, 0.6) is 5.88 Å². The van der Waals surface area contributed by atoms with Gasteiger partial charge in [0.15, 0.2) is 17.5 Å². The lowest BCUT2D eigenvalue weighted by Gasteiger charge is -2.33. The average Bonchev–Trinajstić information content (AvgIpc) is 2.66. The Labute approximate surface area is 161 Å². The van der Waals surface area contributed by atoms with Crippen LogP contribution in [0.15, 0.2) is 35.5 Å².